The van der Waals surface area contributed by atoms with Crippen molar-refractivity contribution >= 4 is 0 Å². The number of fused-ring (bicyclic) bond motifs is 3. The Morgan fingerprint density at radius 2 is 2.17 bits per heavy atom. The molecule has 0 fully saturated rings. The van der Waals surface area contributed by atoms with Crippen LogP contribution in [0.25, 0.3) is 11.3 Å². The van der Waals surface area contributed by atoms with Gasteiger partial charge >= 0.3 is 5.69 Å². The zero-order valence-electron chi connectivity index (χ0n) is 10.4. The Labute approximate surface area is 105 Å². The summed E-state index contributed by atoms with van der Waals surface area (Å²) in [4.78, 5) is 15.8. The van der Waals surface area contributed by atoms with Crippen LogP contribution in [0.2, 0.25) is 0 Å². The second-order valence-corrected chi connectivity index (χ2v) is 4.53. The molecule has 2 aromatic rings. The Bertz CT molecular complexity index is 674. The van der Waals surface area contributed by atoms with E-state index in [1.165, 1.54) is 18.2 Å². The molecule has 1 aliphatic heterocycles. The minimum atomic E-state index is -0.240. The average Bonchev–Trinajstić information content (AvgIpc) is 2.37. The van der Waals surface area contributed by atoms with Gasteiger partial charge in [-0.05, 0) is 18.9 Å². The molecule has 0 aliphatic carbocycles. The smallest absolute Gasteiger partial charge is 0.351 e. The molecule has 3 rings (SSSR count). The maximum atomic E-state index is 11.9. The summed E-state index contributed by atoms with van der Waals surface area (Å²) in [5.74, 6) is 0.375. The summed E-state index contributed by atoms with van der Waals surface area (Å²) in [6.45, 7) is 2.76. The fourth-order valence-corrected chi connectivity index (χ4v) is 2.44. The van der Waals surface area contributed by atoms with Crippen molar-refractivity contribution in [1.82, 2.24) is 9.55 Å². The van der Waals surface area contributed by atoms with Crippen LogP contribution in [0.3, 0.4) is 0 Å². The molecule has 0 saturated carbocycles. The van der Waals surface area contributed by atoms with E-state index in [4.69, 9.17) is 4.74 Å². The standard InChI is InChI=1S/C14H14N2O2/c1-9-3-4-11-10(7-9)5-6-16-12(11)8-13(18-2)15-14(16)17/h3-4,7-8H,5-6H2,1-2H3. The van der Waals surface area contributed by atoms with Crippen molar-refractivity contribution in [1.29, 1.82) is 0 Å². The number of aryl methyl sites for hydroxylation is 2. The molecule has 4 heteroatoms. The molecular weight excluding hydrogens is 228 g/mol. The number of ether oxygens (including phenoxy) is 1. The number of aromatic nitrogens is 2. The number of hydrogen-bond acceptors (Lipinski definition) is 3. The van der Waals surface area contributed by atoms with Gasteiger partial charge in [0.25, 0.3) is 0 Å². The van der Waals surface area contributed by atoms with Gasteiger partial charge < -0.3 is 4.74 Å². The SMILES string of the molecule is COc1cc2n(c(=O)n1)CCc1cc(C)ccc1-2. The van der Waals surface area contributed by atoms with Crippen LogP contribution in [-0.4, -0.2) is 16.7 Å². The summed E-state index contributed by atoms with van der Waals surface area (Å²) in [6, 6.07) is 8.13. The van der Waals surface area contributed by atoms with Gasteiger partial charge in [-0.3, -0.25) is 4.57 Å². The van der Waals surface area contributed by atoms with E-state index >= 15 is 0 Å². The number of nitrogens with zero attached hydrogens (tertiary/aromatic N) is 2. The zero-order valence-corrected chi connectivity index (χ0v) is 10.4. The number of benzene rings is 1. The summed E-state index contributed by atoms with van der Waals surface area (Å²) in [6.07, 6.45) is 0.873. The van der Waals surface area contributed by atoms with Crippen LogP contribution < -0.4 is 10.4 Å². The molecule has 0 atom stereocenters. The summed E-state index contributed by atoms with van der Waals surface area (Å²) in [5.41, 5.74) is 4.28. The molecule has 0 saturated heterocycles. The van der Waals surface area contributed by atoms with E-state index in [-0.39, 0.29) is 5.69 Å². The second kappa shape index (κ2) is 3.98. The molecule has 0 amide bonds. The van der Waals surface area contributed by atoms with Crippen LogP contribution in [0, 0.1) is 6.92 Å². The van der Waals surface area contributed by atoms with Gasteiger partial charge in [0.05, 0.1) is 12.8 Å². The van der Waals surface area contributed by atoms with Crippen LogP contribution in [0.15, 0.2) is 29.1 Å². The number of rotatable bonds is 1. The molecular formula is C14H14N2O2. The van der Waals surface area contributed by atoms with Crippen molar-refractivity contribution in [2.24, 2.45) is 0 Å². The molecule has 0 unspecified atom stereocenters. The highest BCUT2D eigenvalue weighted by molar-refractivity contribution is 5.66. The highest BCUT2D eigenvalue weighted by atomic mass is 16.5. The predicted octanol–water partition coefficient (Wildman–Crippen LogP) is 1.78. The fraction of sp³-hybridized carbons (Fsp3) is 0.286. The third-order valence-electron chi connectivity index (χ3n) is 3.34. The molecule has 0 spiro atoms. The van der Waals surface area contributed by atoms with Crippen LogP contribution >= 0.6 is 0 Å². The Morgan fingerprint density at radius 1 is 1.33 bits per heavy atom. The maximum absolute atomic E-state index is 11.9. The Morgan fingerprint density at radius 3 is 2.94 bits per heavy atom. The topological polar surface area (TPSA) is 44.1 Å². The largest absolute Gasteiger partial charge is 0.481 e. The summed E-state index contributed by atoms with van der Waals surface area (Å²) in [7, 11) is 1.53. The fourth-order valence-electron chi connectivity index (χ4n) is 2.44. The lowest BCUT2D eigenvalue weighted by atomic mass is 9.96. The maximum Gasteiger partial charge on any atom is 0.351 e. The lowest BCUT2D eigenvalue weighted by molar-refractivity contribution is 0.392. The van der Waals surface area contributed by atoms with E-state index < -0.39 is 0 Å². The Hall–Kier alpha value is -2.10. The van der Waals surface area contributed by atoms with E-state index in [0.29, 0.717) is 12.4 Å². The van der Waals surface area contributed by atoms with E-state index in [0.717, 1.165) is 17.7 Å². The van der Waals surface area contributed by atoms with Gasteiger partial charge in [0.2, 0.25) is 5.88 Å². The van der Waals surface area contributed by atoms with Crippen molar-refractivity contribution < 1.29 is 4.74 Å². The summed E-state index contributed by atoms with van der Waals surface area (Å²) >= 11 is 0. The molecule has 0 radical (unpaired) electrons. The van der Waals surface area contributed by atoms with Crippen LogP contribution in [0.1, 0.15) is 11.1 Å². The van der Waals surface area contributed by atoms with E-state index in [1.54, 1.807) is 4.57 Å². The van der Waals surface area contributed by atoms with Crippen molar-refractivity contribution in [2.45, 2.75) is 19.9 Å². The number of methoxy groups -OCH3 is 1. The second-order valence-electron chi connectivity index (χ2n) is 4.53. The predicted molar refractivity (Wildman–Crippen MR) is 68.9 cm³/mol. The van der Waals surface area contributed by atoms with Gasteiger partial charge in [0.15, 0.2) is 0 Å². The molecule has 1 aromatic carbocycles. The monoisotopic (exact) mass is 242 g/mol. The van der Waals surface area contributed by atoms with Gasteiger partial charge in [-0.2, -0.15) is 4.98 Å². The van der Waals surface area contributed by atoms with Crippen molar-refractivity contribution in [3.05, 3.63) is 45.9 Å². The first-order valence-electron chi connectivity index (χ1n) is 5.95. The highest BCUT2D eigenvalue weighted by Gasteiger charge is 2.18. The average molecular weight is 242 g/mol. The van der Waals surface area contributed by atoms with Crippen molar-refractivity contribution in [3.63, 3.8) is 0 Å². The Kier molecular flexibility index (Phi) is 2.44. The highest BCUT2D eigenvalue weighted by Crippen LogP contribution is 2.29. The summed E-state index contributed by atoms with van der Waals surface area (Å²) < 4.78 is 6.78. The molecule has 4 nitrogen and oxygen atoms in total. The van der Waals surface area contributed by atoms with Gasteiger partial charge in [-0.1, -0.05) is 23.8 Å². The number of hydrogen-bond donors (Lipinski definition) is 0. The molecule has 0 bridgehead atoms. The Balaban J connectivity index is 2.28. The lowest BCUT2D eigenvalue weighted by Gasteiger charge is -2.21. The minimum absolute atomic E-state index is 0.240. The van der Waals surface area contributed by atoms with Crippen molar-refractivity contribution in [3.8, 4) is 17.1 Å². The van der Waals surface area contributed by atoms with E-state index in [1.807, 2.05) is 6.07 Å². The lowest BCUT2D eigenvalue weighted by Crippen LogP contribution is -2.28. The molecule has 1 aromatic heterocycles. The molecule has 18 heavy (non-hydrogen) atoms. The van der Waals surface area contributed by atoms with E-state index in [2.05, 4.69) is 30.1 Å². The van der Waals surface area contributed by atoms with Gasteiger partial charge in [0, 0.05) is 18.2 Å². The summed E-state index contributed by atoms with van der Waals surface area (Å²) in [5, 5.41) is 0. The molecule has 1 aliphatic rings. The van der Waals surface area contributed by atoms with Gasteiger partial charge in [0.1, 0.15) is 0 Å². The van der Waals surface area contributed by atoms with Crippen LogP contribution in [0.4, 0.5) is 0 Å². The van der Waals surface area contributed by atoms with Gasteiger partial charge in [-0.15, -0.1) is 0 Å². The third kappa shape index (κ3) is 1.61. The van der Waals surface area contributed by atoms with E-state index in [9.17, 15) is 4.79 Å². The van der Waals surface area contributed by atoms with Gasteiger partial charge in [-0.25, -0.2) is 4.79 Å². The molecule has 0 N–H and O–H groups in total. The normalized spacial score (nSPS) is 12.8. The zero-order chi connectivity index (χ0) is 12.7. The first-order valence-corrected chi connectivity index (χ1v) is 5.95. The van der Waals surface area contributed by atoms with Crippen LogP contribution in [0.5, 0.6) is 5.88 Å². The molecule has 92 valence electrons. The minimum Gasteiger partial charge on any atom is -0.481 e. The first kappa shape index (κ1) is 11.0. The quantitative estimate of drug-likeness (QED) is 0.765. The first-order chi connectivity index (χ1) is 8.69. The molecule has 2 heterocycles. The van der Waals surface area contributed by atoms with Crippen molar-refractivity contribution in [2.75, 3.05) is 7.11 Å². The third-order valence-corrected chi connectivity index (χ3v) is 3.34. The van der Waals surface area contributed by atoms with Crippen LogP contribution in [-0.2, 0) is 13.0 Å².